The third-order valence-corrected chi connectivity index (χ3v) is 3.56. The first-order valence-electron chi connectivity index (χ1n) is 4.11. The molecular formula is C9H10O3S. The molecule has 0 aliphatic carbocycles. The van der Waals surface area contributed by atoms with Crippen LogP contribution in [0, 0.1) is 0 Å². The minimum atomic E-state index is -3.49. The van der Waals surface area contributed by atoms with Crippen LogP contribution >= 0.6 is 0 Å². The van der Waals surface area contributed by atoms with E-state index in [1.807, 2.05) is 12.1 Å². The second-order valence-corrected chi connectivity index (χ2v) is 4.71. The lowest BCUT2D eigenvalue weighted by atomic mass is 10.1. The van der Waals surface area contributed by atoms with Gasteiger partial charge in [0.05, 0.1) is 11.0 Å². The SMILES string of the molecule is CC1Cc2ccccc2S(=O)(=O)O1. The second-order valence-electron chi connectivity index (χ2n) is 3.17. The molecule has 3 nitrogen and oxygen atoms in total. The van der Waals surface area contributed by atoms with Gasteiger partial charge in [-0.25, -0.2) is 0 Å². The fourth-order valence-electron chi connectivity index (χ4n) is 1.53. The Morgan fingerprint density at radius 1 is 1.38 bits per heavy atom. The van der Waals surface area contributed by atoms with Gasteiger partial charge in [-0.1, -0.05) is 18.2 Å². The molecule has 0 spiro atoms. The van der Waals surface area contributed by atoms with Gasteiger partial charge < -0.3 is 0 Å². The Morgan fingerprint density at radius 3 is 2.85 bits per heavy atom. The first-order valence-corrected chi connectivity index (χ1v) is 5.51. The van der Waals surface area contributed by atoms with Gasteiger partial charge in [0.25, 0.3) is 10.1 Å². The summed E-state index contributed by atoms with van der Waals surface area (Å²) in [4.78, 5) is 0.313. The zero-order valence-corrected chi connectivity index (χ0v) is 8.04. The quantitative estimate of drug-likeness (QED) is 0.591. The van der Waals surface area contributed by atoms with Crippen molar-refractivity contribution >= 4 is 10.1 Å². The molecule has 13 heavy (non-hydrogen) atoms. The lowest BCUT2D eigenvalue weighted by molar-refractivity contribution is 0.218. The molecule has 2 rings (SSSR count). The average molecular weight is 198 g/mol. The van der Waals surface area contributed by atoms with Crippen LogP contribution in [0.4, 0.5) is 0 Å². The maximum Gasteiger partial charge on any atom is 0.297 e. The Labute approximate surface area is 77.5 Å². The third kappa shape index (κ3) is 1.47. The number of fused-ring (bicyclic) bond motifs is 1. The van der Waals surface area contributed by atoms with Gasteiger partial charge in [0.15, 0.2) is 0 Å². The highest BCUT2D eigenvalue weighted by Gasteiger charge is 2.27. The molecule has 1 atom stereocenters. The predicted molar refractivity (Wildman–Crippen MR) is 47.9 cm³/mol. The van der Waals surface area contributed by atoms with Crippen LogP contribution in [-0.4, -0.2) is 14.5 Å². The summed E-state index contributed by atoms with van der Waals surface area (Å²) < 4.78 is 27.8. The number of rotatable bonds is 0. The molecule has 0 radical (unpaired) electrons. The van der Waals surface area contributed by atoms with Crippen molar-refractivity contribution in [2.75, 3.05) is 0 Å². The lowest BCUT2D eigenvalue weighted by Crippen LogP contribution is -2.24. The van der Waals surface area contributed by atoms with Crippen molar-refractivity contribution in [2.45, 2.75) is 24.3 Å². The van der Waals surface area contributed by atoms with Crippen molar-refractivity contribution in [2.24, 2.45) is 0 Å². The van der Waals surface area contributed by atoms with E-state index in [0.717, 1.165) is 5.56 Å². The summed E-state index contributed by atoms with van der Waals surface area (Å²) >= 11 is 0. The van der Waals surface area contributed by atoms with Crippen LogP contribution < -0.4 is 0 Å². The molecule has 0 aromatic heterocycles. The van der Waals surface area contributed by atoms with E-state index in [-0.39, 0.29) is 6.10 Å². The van der Waals surface area contributed by atoms with Crippen LogP contribution in [0.5, 0.6) is 0 Å². The van der Waals surface area contributed by atoms with Crippen LogP contribution in [0.2, 0.25) is 0 Å². The normalized spacial score (nSPS) is 25.2. The van der Waals surface area contributed by atoms with E-state index in [9.17, 15) is 8.42 Å². The van der Waals surface area contributed by atoms with Crippen molar-refractivity contribution < 1.29 is 12.6 Å². The van der Waals surface area contributed by atoms with Crippen molar-refractivity contribution in [1.82, 2.24) is 0 Å². The smallest absolute Gasteiger partial charge is 0.263 e. The number of hydrogen-bond donors (Lipinski definition) is 0. The van der Waals surface area contributed by atoms with Gasteiger partial charge in [0.2, 0.25) is 0 Å². The van der Waals surface area contributed by atoms with Gasteiger partial charge in [-0.15, -0.1) is 0 Å². The summed E-state index contributed by atoms with van der Waals surface area (Å²) in [6.07, 6.45) is 0.412. The van der Waals surface area contributed by atoms with Crippen LogP contribution in [0.3, 0.4) is 0 Å². The highest BCUT2D eigenvalue weighted by Crippen LogP contribution is 2.26. The van der Waals surface area contributed by atoms with Crippen LogP contribution in [-0.2, 0) is 20.7 Å². The van der Waals surface area contributed by atoms with Gasteiger partial charge in [0.1, 0.15) is 0 Å². The molecule has 0 fully saturated rings. The minimum Gasteiger partial charge on any atom is -0.263 e. The summed E-state index contributed by atoms with van der Waals surface area (Å²) in [7, 11) is -3.49. The topological polar surface area (TPSA) is 43.4 Å². The molecule has 1 aliphatic heterocycles. The zero-order chi connectivity index (χ0) is 9.47. The van der Waals surface area contributed by atoms with E-state index in [4.69, 9.17) is 4.18 Å². The van der Waals surface area contributed by atoms with Crippen molar-refractivity contribution in [3.05, 3.63) is 29.8 Å². The Bertz CT molecular complexity index is 422. The largest absolute Gasteiger partial charge is 0.297 e. The predicted octanol–water partition coefficient (Wildman–Crippen LogP) is 1.34. The van der Waals surface area contributed by atoms with Crippen LogP contribution in [0.15, 0.2) is 29.2 Å². The first kappa shape index (κ1) is 8.72. The maximum atomic E-state index is 11.5. The molecule has 0 bridgehead atoms. The Kier molecular flexibility index (Phi) is 1.89. The second kappa shape index (κ2) is 2.82. The van der Waals surface area contributed by atoms with E-state index in [1.165, 1.54) is 0 Å². The maximum absolute atomic E-state index is 11.5. The molecule has 1 aromatic carbocycles. The van der Waals surface area contributed by atoms with E-state index in [0.29, 0.717) is 11.3 Å². The summed E-state index contributed by atoms with van der Waals surface area (Å²) in [6.45, 7) is 1.76. The summed E-state index contributed by atoms with van der Waals surface area (Å²) in [5, 5.41) is 0. The molecule has 0 saturated heterocycles. The fourth-order valence-corrected chi connectivity index (χ4v) is 2.85. The van der Waals surface area contributed by atoms with Crippen LogP contribution in [0.1, 0.15) is 12.5 Å². The molecule has 4 heteroatoms. The van der Waals surface area contributed by atoms with Gasteiger partial charge in [0, 0.05) is 6.42 Å². The molecule has 1 aromatic rings. The molecule has 0 N–H and O–H groups in total. The monoisotopic (exact) mass is 198 g/mol. The highest BCUT2D eigenvalue weighted by atomic mass is 32.2. The molecule has 70 valence electrons. The standard InChI is InChI=1S/C9H10O3S/c1-7-6-8-4-2-3-5-9(8)13(10,11)12-7/h2-5,7H,6H2,1H3. The number of hydrogen-bond acceptors (Lipinski definition) is 3. The molecule has 0 saturated carbocycles. The average Bonchev–Trinajstić information content (AvgIpc) is 2.02. The van der Waals surface area contributed by atoms with Crippen molar-refractivity contribution in [3.8, 4) is 0 Å². The van der Waals surface area contributed by atoms with Gasteiger partial charge in [-0.2, -0.15) is 8.42 Å². The summed E-state index contributed by atoms with van der Waals surface area (Å²) in [5.41, 5.74) is 0.848. The molecule has 0 amide bonds. The molecule has 1 heterocycles. The molecule has 1 aliphatic rings. The minimum absolute atomic E-state index is 0.250. The van der Waals surface area contributed by atoms with E-state index >= 15 is 0 Å². The summed E-state index contributed by atoms with van der Waals surface area (Å²) in [6, 6.07) is 6.95. The Hall–Kier alpha value is -0.870. The van der Waals surface area contributed by atoms with Gasteiger partial charge in [-0.3, -0.25) is 4.18 Å². The van der Waals surface area contributed by atoms with E-state index in [1.54, 1.807) is 19.1 Å². The third-order valence-electron chi connectivity index (χ3n) is 2.04. The molecule has 1 unspecified atom stereocenters. The first-order chi connectivity index (χ1) is 6.09. The number of benzene rings is 1. The van der Waals surface area contributed by atoms with Crippen LogP contribution in [0.25, 0.3) is 0 Å². The summed E-state index contributed by atoms with van der Waals surface area (Å²) in [5.74, 6) is 0. The lowest BCUT2D eigenvalue weighted by Gasteiger charge is -2.21. The molecular weight excluding hydrogens is 188 g/mol. The van der Waals surface area contributed by atoms with Gasteiger partial charge in [-0.05, 0) is 18.6 Å². The van der Waals surface area contributed by atoms with Gasteiger partial charge >= 0.3 is 0 Å². The highest BCUT2D eigenvalue weighted by molar-refractivity contribution is 7.86. The Balaban J connectivity index is 2.63. The van der Waals surface area contributed by atoms with E-state index < -0.39 is 10.1 Å². The van der Waals surface area contributed by atoms with Crippen molar-refractivity contribution in [3.63, 3.8) is 0 Å². The Morgan fingerprint density at radius 2 is 2.08 bits per heavy atom. The van der Waals surface area contributed by atoms with E-state index in [2.05, 4.69) is 0 Å². The van der Waals surface area contributed by atoms with Crippen molar-refractivity contribution in [1.29, 1.82) is 0 Å². The fraction of sp³-hybridized carbons (Fsp3) is 0.333. The zero-order valence-electron chi connectivity index (χ0n) is 7.23.